The Morgan fingerprint density at radius 1 is 1.22 bits per heavy atom. The standard InChI is InChI=1S/C21H24N4O2/c1-27-16-8-6-7-15(13-16)19(25-11-4-5-12-25)14-22-21(26)20-17-9-2-3-10-18(17)23-24-20/h2-3,6-10,13,19H,4-5,11-12,14H2,1H3,(H,22,26)(H,23,24). The molecule has 2 N–H and O–H groups in total. The summed E-state index contributed by atoms with van der Waals surface area (Å²) in [6, 6.07) is 15.9. The summed E-state index contributed by atoms with van der Waals surface area (Å²) in [5.41, 5.74) is 2.46. The fourth-order valence-electron chi connectivity index (χ4n) is 3.77. The monoisotopic (exact) mass is 364 g/mol. The van der Waals surface area contributed by atoms with Gasteiger partial charge in [-0.2, -0.15) is 5.10 Å². The van der Waals surface area contributed by atoms with Crippen LogP contribution in [0.15, 0.2) is 48.5 Å². The number of benzene rings is 2. The smallest absolute Gasteiger partial charge is 0.272 e. The maximum absolute atomic E-state index is 12.8. The number of aromatic nitrogens is 2. The number of amides is 1. The van der Waals surface area contributed by atoms with E-state index in [2.05, 4.69) is 32.5 Å². The molecule has 27 heavy (non-hydrogen) atoms. The van der Waals surface area contributed by atoms with Crippen molar-refractivity contribution in [1.29, 1.82) is 0 Å². The number of nitrogens with one attached hydrogen (secondary N) is 2. The molecule has 0 radical (unpaired) electrons. The van der Waals surface area contributed by atoms with E-state index >= 15 is 0 Å². The van der Waals surface area contributed by atoms with Crippen molar-refractivity contribution in [3.05, 3.63) is 59.8 Å². The van der Waals surface area contributed by atoms with Gasteiger partial charge in [0, 0.05) is 11.9 Å². The van der Waals surface area contributed by atoms with Gasteiger partial charge in [-0.1, -0.05) is 30.3 Å². The molecule has 1 amide bonds. The molecule has 2 aromatic carbocycles. The Kier molecular flexibility index (Phi) is 5.07. The zero-order chi connectivity index (χ0) is 18.6. The lowest BCUT2D eigenvalue weighted by Crippen LogP contribution is -2.37. The summed E-state index contributed by atoms with van der Waals surface area (Å²) >= 11 is 0. The summed E-state index contributed by atoms with van der Waals surface area (Å²) in [6.07, 6.45) is 2.39. The highest BCUT2D eigenvalue weighted by Gasteiger charge is 2.25. The number of aromatic amines is 1. The first-order valence-electron chi connectivity index (χ1n) is 9.35. The third-order valence-electron chi connectivity index (χ3n) is 5.20. The number of methoxy groups -OCH3 is 1. The lowest BCUT2D eigenvalue weighted by molar-refractivity contribution is 0.0934. The van der Waals surface area contributed by atoms with E-state index in [-0.39, 0.29) is 11.9 Å². The molecule has 1 saturated heterocycles. The second kappa shape index (κ2) is 7.80. The van der Waals surface area contributed by atoms with Gasteiger partial charge in [0.1, 0.15) is 5.75 Å². The largest absolute Gasteiger partial charge is 0.497 e. The van der Waals surface area contributed by atoms with Crippen LogP contribution in [0.1, 0.15) is 34.9 Å². The summed E-state index contributed by atoms with van der Waals surface area (Å²) in [4.78, 5) is 15.2. The molecule has 2 heterocycles. The molecule has 1 aromatic heterocycles. The molecular weight excluding hydrogens is 340 g/mol. The maximum atomic E-state index is 12.8. The SMILES string of the molecule is COc1cccc(C(CNC(=O)c2n[nH]c3ccccc23)N2CCCC2)c1. The second-order valence-electron chi connectivity index (χ2n) is 6.86. The molecule has 0 saturated carbocycles. The molecule has 1 aliphatic heterocycles. The minimum atomic E-state index is -0.153. The molecule has 4 rings (SSSR count). The molecule has 1 atom stereocenters. The Morgan fingerprint density at radius 2 is 2.04 bits per heavy atom. The van der Waals surface area contributed by atoms with Crippen molar-refractivity contribution >= 4 is 16.8 Å². The average Bonchev–Trinajstić information content (AvgIpc) is 3.38. The molecule has 6 heteroatoms. The molecule has 3 aromatic rings. The van der Waals surface area contributed by atoms with Gasteiger partial charge in [-0.3, -0.25) is 14.8 Å². The lowest BCUT2D eigenvalue weighted by Gasteiger charge is -2.28. The van der Waals surface area contributed by atoms with Gasteiger partial charge in [-0.25, -0.2) is 0 Å². The van der Waals surface area contributed by atoms with Crippen molar-refractivity contribution in [3.8, 4) is 5.75 Å². The van der Waals surface area contributed by atoms with Crippen LogP contribution in [-0.4, -0.2) is 47.7 Å². The van der Waals surface area contributed by atoms with Gasteiger partial charge < -0.3 is 10.1 Å². The number of carbonyl (C=O) groups excluding carboxylic acids is 1. The number of likely N-dealkylation sites (tertiary alicyclic amines) is 1. The number of rotatable bonds is 6. The van der Waals surface area contributed by atoms with Gasteiger partial charge in [0.2, 0.25) is 0 Å². The first-order chi connectivity index (χ1) is 13.3. The minimum absolute atomic E-state index is 0.122. The van der Waals surface area contributed by atoms with Crippen LogP contribution in [0.25, 0.3) is 10.9 Å². The zero-order valence-electron chi connectivity index (χ0n) is 15.4. The normalized spacial score (nSPS) is 15.7. The first-order valence-corrected chi connectivity index (χ1v) is 9.35. The van der Waals surface area contributed by atoms with Crippen LogP contribution in [0.3, 0.4) is 0 Å². The van der Waals surface area contributed by atoms with Crippen LogP contribution in [0, 0.1) is 0 Å². The summed E-state index contributed by atoms with van der Waals surface area (Å²) in [6.45, 7) is 2.62. The lowest BCUT2D eigenvalue weighted by atomic mass is 10.0. The van der Waals surface area contributed by atoms with Crippen molar-refractivity contribution in [1.82, 2.24) is 20.4 Å². The van der Waals surface area contributed by atoms with E-state index in [9.17, 15) is 4.79 Å². The van der Waals surface area contributed by atoms with Gasteiger partial charge in [0.15, 0.2) is 5.69 Å². The van der Waals surface area contributed by atoms with Crippen molar-refractivity contribution in [2.75, 3.05) is 26.7 Å². The predicted molar refractivity (Wildman–Crippen MR) is 105 cm³/mol. The predicted octanol–water partition coefficient (Wildman–Crippen LogP) is 3.14. The average molecular weight is 364 g/mol. The number of ether oxygens (including phenoxy) is 1. The molecule has 1 unspecified atom stereocenters. The van der Waals surface area contributed by atoms with Gasteiger partial charge in [0.25, 0.3) is 5.91 Å². The molecule has 0 aliphatic carbocycles. The quantitative estimate of drug-likeness (QED) is 0.705. The van der Waals surface area contributed by atoms with Crippen LogP contribution < -0.4 is 10.1 Å². The Morgan fingerprint density at radius 3 is 2.85 bits per heavy atom. The molecule has 0 bridgehead atoms. The van der Waals surface area contributed by atoms with Crippen LogP contribution in [-0.2, 0) is 0 Å². The van der Waals surface area contributed by atoms with Crippen LogP contribution in [0.2, 0.25) is 0 Å². The molecular formula is C21H24N4O2. The topological polar surface area (TPSA) is 70.2 Å². The van der Waals surface area contributed by atoms with Gasteiger partial charge in [0.05, 0.1) is 18.7 Å². The first kappa shape index (κ1) is 17.5. The van der Waals surface area contributed by atoms with Crippen molar-refractivity contribution in [3.63, 3.8) is 0 Å². The number of hydrogen-bond donors (Lipinski definition) is 2. The van der Waals surface area contributed by atoms with Gasteiger partial charge in [-0.05, 0) is 49.7 Å². The summed E-state index contributed by atoms with van der Waals surface area (Å²) < 4.78 is 5.38. The number of hydrogen-bond acceptors (Lipinski definition) is 4. The van der Waals surface area contributed by atoms with E-state index < -0.39 is 0 Å². The van der Waals surface area contributed by atoms with Crippen LogP contribution in [0.4, 0.5) is 0 Å². The molecule has 0 spiro atoms. The highest BCUT2D eigenvalue weighted by molar-refractivity contribution is 6.04. The van der Waals surface area contributed by atoms with E-state index in [1.54, 1.807) is 7.11 Å². The number of nitrogens with zero attached hydrogens (tertiary/aromatic N) is 2. The highest BCUT2D eigenvalue weighted by Crippen LogP contribution is 2.27. The third-order valence-corrected chi connectivity index (χ3v) is 5.20. The van der Waals surface area contributed by atoms with E-state index in [0.29, 0.717) is 12.2 Å². The van der Waals surface area contributed by atoms with E-state index in [1.165, 1.54) is 12.8 Å². The summed E-state index contributed by atoms with van der Waals surface area (Å²) in [5, 5.41) is 11.0. The summed E-state index contributed by atoms with van der Waals surface area (Å²) in [5.74, 6) is 0.681. The number of para-hydroxylation sites is 1. The number of H-pyrrole nitrogens is 1. The molecule has 140 valence electrons. The van der Waals surface area contributed by atoms with Crippen molar-refractivity contribution in [2.45, 2.75) is 18.9 Å². The van der Waals surface area contributed by atoms with E-state index in [1.807, 2.05) is 36.4 Å². The van der Waals surface area contributed by atoms with Gasteiger partial charge in [-0.15, -0.1) is 0 Å². The van der Waals surface area contributed by atoms with Gasteiger partial charge >= 0.3 is 0 Å². The number of fused-ring (bicyclic) bond motifs is 1. The van der Waals surface area contributed by atoms with Crippen LogP contribution >= 0.6 is 0 Å². The molecule has 1 aliphatic rings. The second-order valence-corrected chi connectivity index (χ2v) is 6.86. The maximum Gasteiger partial charge on any atom is 0.272 e. The Hall–Kier alpha value is -2.86. The Balaban J connectivity index is 1.53. The fourth-order valence-corrected chi connectivity index (χ4v) is 3.77. The van der Waals surface area contributed by atoms with E-state index in [4.69, 9.17) is 4.74 Å². The highest BCUT2D eigenvalue weighted by atomic mass is 16.5. The number of carbonyl (C=O) groups is 1. The minimum Gasteiger partial charge on any atom is -0.497 e. The third kappa shape index (κ3) is 3.66. The molecule has 1 fully saturated rings. The Bertz CT molecular complexity index is 931. The zero-order valence-corrected chi connectivity index (χ0v) is 15.4. The van der Waals surface area contributed by atoms with Crippen molar-refractivity contribution in [2.24, 2.45) is 0 Å². The fraction of sp³-hybridized carbons (Fsp3) is 0.333. The Labute approximate surface area is 158 Å². The molecule has 6 nitrogen and oxygen atoms in total. The van der Waals surface area contributed by atoms with E-state index in [0.717, 1.165) is 35.3 Å². The summed E-state index contributed by atoms with van der Waals surface area (Å²) in [7, 11) is 1.68. The van der Waals surface area contributed by atoms with Crippen molar-refractivity contribution < 1.29 is 9.53 Å². The van der Waals surface area contributed by atoms with Crippen LogP contribution in [0.5, 0.6) is 5.75 Å².